The number of amides is 2. The third kappa shape index (κ3) is 3.38. The Morgan fingerprint density at radius 2 is 1.97 bits per heavy atom. The zero-order valence-electron chi connectivity index (χ0n) is 19.3. The minimum atomic E-state index is -3.84. The van der Waals surface area contributed by atoms with Gasteiger partial charge < -0.3 is 14.8 Å². The lowest BCUT2D eigenvalue weighted by Crippen LogP contribution is -2.49. The molecule has 1 unspecified atom stereocenters. The molecule has 2 aromatic rings. The SMILES string of the molecule is CN(C(=O)[C@H]1NC(=O)[C@H]2OC(C)(C)O[C@@H]12)c1ccc2ccn(S(=O)(=O)C3(C)C=CC=CC3)c2n1. The summed E-state index contributed by atoms with van der Waals surface area (Å²) in [5.41, 5.74) is 0.219. The average molecular weight is 487 g/mol. The number of allylic oxidation sites excluding steroid dienone is 3. The summed E-state index contributed by atoms with van der Waals surface area (Å²) in [6, 6.07) is 4.06. The van der Waals surface area contributed by atoms with Crippen molar-refractivity contribution in [3.05, 3.63) is 48.7 Å². The van der Waals surface area contributed by atoms with Gasteiger partial charge in [-0.05, 0) is 45.4 Å². The molecule has 0 saturated carbocycles. The molecule has 1 aliphatic carbocycles. The highest BCUT2D eigenvalue weighted by atomic mass is 32.2. The number of hydrogen-bond donors (Lipinski definition) is 1. The number of hydrogen-bond acceptors (Lipinski definition) is 7. The predicted octanol–water partition coefficient (Wildman–Crippen LogP) is 1.47. The van der Waals surface area contributed by atoms with Crippen LogP contribution >= 0.6 is 0 Å². The zero-order valence-corrected chi connectivity index (χ0v) is 20.1. The minimum Gasteiger partial charge on any atom is -0.341 e. The lowest BCUT2D eigenvalue weighted by Gasteiger charge is -2.27. The van der Waals surface area contributed by atoms with E-state index < -0.39 is 50.6 Å². The second-order valence-corrected chi connectivity index (χ2v) is 11.7. The molecule has 2 saturated heterocycles. The standard InChI is InChI=1S/C23H26N4O6S/c1-22(2)32-17-16(25-20(28)18(17)33-22)21(29)26(4)15-9-8-14-10-13-27(19(14)24-15)34(30,31)23(3)11-6-5-7-12-23/h5-11,13,16-18H,12H2,1-4H3,(H,25,28)/t16-,17-,18-,23?/m0/s1. The molecular formula is C23H26N4O6S. The van der Waals surface area contributed by atoms with Crippen molar-refractivity contribution in [1.82, 2.24) is 14.3 Å². The second-order valence-electron chi connectivity index (χ2n) is 9.41. The van der Waals surface area contributed by atoms with Crippen molar-refractivity contribution in [2.75, 3.05) is 11.9 Å². The third-order valence-electron chi connectivity index (χ3n) is 6.51. The Bertz CT molecular complexity index is 1360. The lowest BCUT2D eigenvalue weighted by molar-refractivity contribution is -0.164. The fourth-order valence-corrected chi connectivity index (χ4v) is 6.16. The maximum atomic E-state index is 13.5. The highest BCUT2D eigenvalue weighted by Gasteiger charge is 2.56. The largest absolute Gasteiger partial charge is 0.341 e. The van der Waals surface area contributed by atoms with Crippen LogP contribution in [0, 0.1) is 0 Å². The van der Waals surface area contributed by atoms with Crippen molar-refractivity contribution in [3.63, 3.8) is 0 Å². The number of pyridine rings is 1. The first-order chi connectivity index (χ1) is 15.9. The summed E-state index contributed by atoms with van der Waals surface area (Å²) in [5, 5.41) is 3.26. The summed E-state index contributed by atoms with van der Waals surface area (Å²) in [5.74, 6) is -1.58. The van der Waals surface area contributed by atoms with E-state index in [9.17, 15) is 18.0 Å². The van der Waals surface area contributed by atoms with Gasteiger partial charge in [0.2, 0.25) is 10.0 Å². The van der Waals surface area contributed by atoms with Gasteiger partial charge in [0, 0.05) is 18.6 Å². The Balaban J connectivity index is 1.47. The Morgan fingerprint density at radius 1 is 1.21 bits per heavy atom. The molecule has 34 heavy (non-hydrogen) atoms. The van der Waals surface area contributed by atoms with E-state index >= 15 is 0 Å². The molecule has 3 aliphatic rings. The maximum Gasteiger partial charge on any atom is 0.253 e. The highest BCUT2D eigenvalue weighted by molar-refractivity contribution is 7.91. The Kier molecular flexibility index (Phi) is 5.01. The number of aromatic nitrogens is 2. The number of nitrogens with zero attached hydrogens (tertiary/aromatic N) is 3. The number of nitrogens with one attached hydrogen (secondary N) is 1. The van der Waals surface area contributed by atoms with E-state index in [0.717, 1.165) is 3.97 Å². The van der Waals surface area contributed by atoms with Gasteiger partial charge in [0.25, 0.3) is 11.8 Å². The van der Waals surface area contributed by atoms with Crippen LogP contribution in [0.15, 0.2) is 48.7 Å². The molecule has 1 N–H and O–H groups in total. The van der Waals surface area contributed by atoms with Gasteiger partial charge in [0.05, 0.1) is 0 Å². The van der Waals surface area contributed by atoms with E-state index in [0.29, 0.717) is 11.8 Å². The van der Waals surface area contributed by atoms with Gasteiger partial charge in [0.1, 0.15) is 22.7 Å². The van der Waals surface area contributed by atoms with Crippen molar-refractivity contribution in [2.45, 2.75) is 56.0 Å². The molecule has 5 rings (SSSR count). The average Bonchev–Trinajstić information content (AvgIpc) is 3.44. The highest BCUT2D eigenvalue weighted by Crippen LogP contribution is 2.35. The van der Waals surface area contributed by atoms with Crippen LogP contribution in [0.5, 0.6) is 0 Å². The van der Waals surface area contributed by atoms with Crippen LogP contribution in [0.2, 0.25) is 0 Å². The summed E-state index contributed by atoms with van der Waals surface area (Å²) in [7, 11) is -2.31. The van der Waals surface area contributed by atoms with Crippen molar-refractivity contribution < 1.29 is 27.5 Å². The smallest absolute Gasteiger partial charge is 0.253 e. The van der Waals surface area contributed by atoms with Crippen LogP contribution in [-0.4, -0.2) is 65.0 Å². The molecule has 0 radical (unpaired) electrons. The van der Waals surface area contributed by atoms with Gasteiger partial charge in [0.15, 0.2) is 17.5 Å². The van der Waals surface area contributed by atoms with Gasteiger partial charge in [-0.3, -0.25) is 14.5 Å². The van der Waals surface area contributed by atoms with E-state index in [4.69, 9.17) is 9.47 Å². The number of carbonyl (C=O) groups excluding carboxylic acids is 2. The van der Waals surface area contributed by atoms with Gasteiger partial charge in [-0.1, -0.05) is 24.3 Å². The molecule has 180 valence electrons. The van der Waals surface area contributed by atoms with Gasteiger partial charge in [-0.15, -0.1) is 0 Å². The summed E-state index contributed by atoms with van der Waals surface area (Å²) in [6.45, 7) is 5.04. The van der Waals surface area contributed by atoms with Crippen LogP contribution in [0.4, 0.5) is 5.82 Å². The molecule has 0 aromatic carbocycles. The molecule has 2 aromatic heterocycles. The van der Waals surface area contributed by atoms with Gasteiger partial charge in [-0.2, -0.15) is 0 Å². The number of anilines is 1. The molecule has 10 nitrogen and oxygen atoms in total. The van der Waals surface area contributed by atoms with Crippen molar-refractivity contribution >= 4 is 38.7 Å². The quantitative estimate of drug-likeness (QED) is 0.695. The molecule has 2 aliphatic heterocycles. The van der Waals surface area contributed by atoms with E-state index in [1.165, 1.54) is 18.1 Å². The number of carbonyl (C=O) groups is 2. The number of likely N-dealkylation sites (N-methyl/N-ethyl adjacent to an activating group) is 1. The number of fused-ring (bicyclic) bond motifs is 2. The van der Waals surface area contributed by atoms with Crippen LogP contribution in [0.1, 0.15) is 27.2 Å². The molecule has 4 atom stereocenters. The second kappa shape index (κ2) is 7.49. The van der Waals surface area contributed by atoms with Crippen molar-refractivity contribution in [3.8, 4) is 0 Å². The fourth-order valence-electron chi connectivity index (χ4n) is 4.56. The van der Waals surface area contributed by atoms with Gasteiger partial charge >= 0.3 is 0 Å². The first kappa shape index (κ1) is 22.8. The summed E-state index contributed by atoms with van der Waals surface area (Å²) in [6.07, 6.45) is 7.19. The number of rotatable bonds is 4. The first-order valence-electron chi connectivity index (χ1n) is 10.9. The van der Waals surface area contributed by atoms with Crippen LogP contribution in [-0.2, 0) is 29.1 Å². The summed E-state index contributed by atoms with van der Waals surface area (Å²) < 4.78 is 38.5. The lowest BCUT2D eigenvalue weighted by atomic mass is 10.0. The van der Waals surface area contributed by atoms with Crippen LogP contribution in [0.3, 0.4) is 0 Å². The molecule has 0 spiro atoms. The third-order valence-corrected chi connectivity index (χ3v) is 8.80. The predicted molar refractivity (Wildman–Crippen MR) is 125 cm³/mol. The molecule has 11 heteroatoms. The van der Waals surface area contributed by atoms with E-state index in [1.54, 1.807) is 51.1 Å². The van der Waals surface area contributed by atoms with Gasteiger partial charge in [-0.25, -0.2) is 17.4 Å². The Morgan fingerprint density at radius 3 is 2.68 bits per heavy atom. The van der Waals surface area contributed by atoms with E-state index in [2.05, 4.69) is 10.3 Å². The first-order valence-corrected chi connectivity index (χ1v) is 12.4. The molecule has 4 heterocycles. The summed E-state index contributed by atoms with van der Waals surface area (Å²) >= 11 is 0. The zero-order chi connectivity index (χ0) is 24.5. The van der Waals surface area contributed by atoms with Crippen molar-refractivity contribution in [1.29, 1.82) is 0 Å². The van der Waals surface area contributed by atoms with E-state index in [-0.39, 0.29) is 11.5 Å². The topological polar surface area (TPSA) is 120 Å². The van der Waals surface area contributed by atoms with E-state index in [1.807, 2.05) is 12.2 Å². The molecule has 0 bridgehead atoms. The normalized spacial score (nSPS) is 29.9. The molecular weight excluding hydrogens is 460 g/mol. The Labute approximate surface area is 197 Å². The summed E-state index contributed by atoms with van der Waals surface area (Å²) in [4.78, 5) is 31.4. The van der Waals surface area contributed by atoms with Crippen LogP contribution in [0.25, 0.3) is 11.0 Å². The molecule has 2 amide bonds. The Hall–Kier alpha value is -3.02. The minimum absolute atomic E-state index is 0.219. The monoisotopic (exact) mass is 486 g/mol. The molecule has 2 fully saturated rings. The number of ether oxygens (including phenoxy) is 2. The fraction of sp³-hybridized carbons (Fsp3) is 0.435. The maximum absolute atomic E-state index is 13.5. The van der Waals surface area contributed by atoms with Crippen LogP contribution < -0.4 is 10.2 Å². The van der Waals surface area contributed by atoms with Crippen molar-refractivity contribution in [2.24, 2.45) is 0 Å².